The zero-order valence-electron chi connectivity index (χ0n) is 7.88. The Hall–Kier alpha value is -0.340. The summed E-state index contributed by atoms with van der Waals surface area (Å²) in [7, 11) is 0. The first-order valence-electron chi connectivity index (χ1n) is 4.76. The molecule has 0 aromatic heterocycles. The number of hydrogen-bond donors (Lipinski definition) is 1. The van der Waals surface area contributed by atoms with E-state index < -0.39 is 0 Å². The normalized spacial score (nSPS) is 19.1. The van der Waals surface area contributed by atoms with Gasteiger partial charge in [-0.1, -0.05) is 6.08 Å². The van der Waals surface area contributed by atoms with Crippen molar-refractivity contribution in [1.29, 1.82) is 0 Å². The standard InChI is InChI=1S/C10H19NO/c1-3-9(2)11-6-7-12-8-10-4-5-10/h3,9-11H,1,4-8H2,2H3. The fraction of sp³-hybridized carbons (Fsp3) is 0.800. The smallest absolute Gasteiger partial charge is 0.0591 e. The minimum atomic E-state index is 0.398. The molecule has 1 unspecified atom stereocenters. The summed E-state index contributed by atoms with van der Waals surface area (Å²) in [5.41, 5.74) is 0. The highest BCUT2D eigenvalue weighted by atomic mass is 16.5. The van der Waals surface area contributed by atoms with Crippen LogP contribution in [0.4, 0.5) is 0 Å². The van der Waals surface area contributed by atoms with Crippen LogP contribution in [0.3, 0.4) is 0 Å². The van der Waals surface area contributed by atoms with Gasteiger partial charge in [0.1, 0.15) is 0 Å². The lowest BCUT2D eigenvalue weighted by Crippen LogP contribution is -2.27. The van der Waals surface area contributed by atoms with E-state index in [-0.39, 0.29) is 0 Å². The van der Waals surface area contributed by atoms with E-state index in [9.17, 15) is 0 Å². The number of ether oxygens (including phenoxy) is 1. The van der Waals surface area contributed by atoms with Crippen molar-refractivity contribution < 1.29 is 4.74 Å². The van der Waals surface area contributed by atoms with E-state index in [1.54, 1.807) is 0 Å². The van der Waals surface area contributed by atoms with Crippen molar-refractivity contribution in [3.05, 3.63) is 12.7 Å². The lowest BCUT2D eigenvalue weighted by Gasteiger charge is -2.08. The lowest BCUT2D eigenvalue weighted by molar-refractivity contribution is 0.125. The van der Waals surface area contributed by atoms with Gasteiger partial charge in [0.2, 0.25) is 0 Å². The van der Waals surface area contributed by atoms with Gasteiger partial charge in [0, 0.05) is 19.2 Å². The second kappa shape index (κ2) is 5.33. The molecule has 1 fully saturated rings. The quantitative estimate of drug-likeness (QED) is 0.461. The molecule has 0 bridgehead atoms. The minimum Gasteiger partial charge on any atom is -0.380 e. The van der Waals surface area contributed by atoms with E-state index in [1.807, 2.05) is 6.08 Å². The number of nitrogens with one attached hydrogen (secondary N) is 1. The molecule has 12 heavy (non-hydrogen) atoms. The van der Waals surface area contributed by atoms with Crippen LogP contribution >= 0.6 is 0 Å². The third kappa shape index (κ3) is 4.52. The average Bonchev–Trinajstić information content (AvgIpc) is 2.87. The summed E-state index contributed by atoms with van der Waals surface area (Å²) in [5, 5.41) is 3.28. The van der Waals surface area contributed by atoms with E-state index in [1.165, 1.54) is 12.8 Å². The van der Waals surface area contributed by atoms with Crippen molar-refractivity contribution in [2.24, 2.45) is 5.92 Å². The second-order valence-electron chi connectivity index (χ2n) is 3.50. The highest BCUT2D eigenvalue weighted by Crippen LogP contribution is 2.28. The average molecular weight is 169 g/mol. The molecule has 1 N–H and O–H groups in total. The molecular weight excluding hydrogens is 150 g/mol. The van der Waals surface area contributed by atoms with Crippen molar-refractivity contribution in [2.75, 3.05) is 19.8 Å². The SMILES string of the molecule is C=CC(C)NCCOCC1CC1. The molecule has 1 saturated carbocycles. The van der Waals surface area contributed by atoms with Crippen LogP contribution in [0.2, 0.25) is 0 Å². The van der Waals surface area contributed by atoms with Crippen LogP contribution in [0.25, 0.3) is 0 Å². The Morgan fingerprint density at radius 3 is 3.00 bits per heavy atom. The van der Waals surface area contributed by atoms with Crippen molar-refractivity contribution in [3.8, 4) is 0 Å². The summed E-state index contributed by atoms with van der Waals surface area (Å²) in [4.78, 5) is 0. The van der Waals surface area contributed by atoms with Crippen LogP contribution in [-0.4, -0.2) is 25.8 Å². The molecule has 1 aliphatic rings. The zero-order valence-corrected chi connectivity index (χ0v) is 7.88. The van der Waals surface area contributed by atoms with Crippen molar-refractivity contribution in [2.45, 2.75) is 25.8 Å². The van der Waals surface area contributed by atoms with Gasteiger partial charge in [-0.3, -0.25) is 0 Å². The van der Waals surface area contributed by atoms with E-state index in [0.29, 0.717) is 6.04 Å². The highest BCUT2D eigenvalue weighted by molar-refractivity contribution is 4.80. The summed E-state index contributed by atoms with van der Waals surface area (Å²) >= 11 is 0. The molecule has 0 spiro atoms. The molecule has 70 valence electrons. The predicted molar refractivity (Wildman–Crippen MR) is 51.2 cm³/mol. The summed E-state index contributed by atoms with van der Waals surface area (Å²) < 4.78 is 5.46. The molecular formula is C10H19NO. The summed E-state index contributed by atoms with van der Waals surface area (Å²) in [6.45, 7) is 8.51. The Balaban J connectivity index is 1.78. The third-order valence-corrected chi connectivity index (χ3v) is 2.12. The van der Waals surface area contributed by atoms with Gasteiger partial charge in [0.25, 0.3) is 0 Å². The summed E-state index contributed by atoms with van der Waals surface area (Å²) in [6, 6.07) is 0.398. The van der Waals surface area contributed by atoms with Gasteiger partial charge in [0.15, 0.2) is 0 Å². The maximum atomic E-state index is 5.46. The topological polar surface area (TPSA) is 21.3 Å². The first-order chi connectivity index (χ1) is 5.83. The van der Waals surface area contributed by atoms with Crippen molar-refractivity contribution >= 4 is 0 Å². The van der Waals surface area contributed by atoms with Crippen LogP contribution < -0.4 is 5.32 Å². The molecule has 2 nitrogen and oxygen atoms in total. The molecule has 0 heterocycles. The Kier molecular flexibility index (Phi) is 4.33. The molecule has 0 radical (unpaired) electrons. The van der Waals surface area contributed by atoms with Gasteiger partial charge in [-0.2, -0.15) is 0 Å². The molecule has 1 aliphatic carbocycles. The fourth-order valence-corrected chi connectivity index (χ4v) is 0.977. The van der Waals surface area contributed by atoms with Gasteiger partial charge in [-0.05, 0) is 25.7 Å². The molecule has 0 aliphatic heterocycles. The first kappa shape index (κ1) is 9.75. The minimum absolute atomic E-state index is 0.398. The molecule has 1 atom stereocenters. The monoisotopic (exact) mass is 169 g/mol. The zero-order chi connectivity index (χ0) is 8.81. The lowest BCUT2D eigenvalue weighted by atomic mass is 10.3. The largest absolute Gasteiger partial charge is 0.380 e. The van der Waals surface area contributed by atoms with E-state index in [2.05, 4.69) is 18.8 Å². The van der Waals surface area contributed by atoms with Crippen LogP contribution in [-0.2, 0) is 4.74 Å². The van der Waals surface area contributed by atoms with Crippen LogP contribution in [0.1, 0.15) is 19.8 Å². The van der Waals surface area contributed by atoms with Gasteiger partial charge in [-0.25, -0.2) is 0 Å². The molecule has 0 aromatic carbocycles. The number of hydrogen-bond acceptors (Lipinski definition) is 2. The maximum Gasteiger partial charge on any atom is 0.0591 e. The van der Waals surface area contributed by atoms with Crippen LogP contribution in [0.5, 0.6) is 0 Å². The maximum absolute atomic E-state index is 5.46. The van der Waals surface area contributed by atoms with Crippen molar-refractivity contribution in [1.82, 2.24) is 5.32 Å². The van der Waals surface area contributed by atoms with Crippen molar-refractivity contribution in [3.63, 3.8) is 0 Å². The second-order valence-corrected chi connectivity index (χ2v) is 3.50. The van der Waals surface area contributed by atoms with Gasteiger partial charge < -0.3 is 10.1 Å². The van der Waals surface area contributed by atoms with E-state index >= 15 is 0 Å². The first-order valence-corrected chi connectivity index (χ1v) is 4.76. The molecule has 2 heteroatoms. The van der Waals surface area contributed by atoms with Crippen LogP contribution in [0.15, 0.2) is 12.7 Å². The highest BCUT2D eigenvalue weighted by Gasteiger charge is 2.20. The van der Waals surface area contributed by atoms with Gasteiger partial charge in [0.05, 0.1) is 6.61 Å². The third-order valence-electron chi connectivity index (χ3n) is 2.12. The molecule has 0 amide bonds. The summed E-state index contributed by atoms with van der Waals surface area (Å²) in [6.07, 6.45) is 4.65. The Morgan fingerprint density at radius 1 is 1.67 bits per heavy atom. The number of rotatable bonds is 7. The molecule has 0 aromatic rings. The van der Waals surface area contributed by atoms with Crippen LogP contribution in [0, 0.1) is 5.92 Å². The molecule has 1 rings (SSSR count). The molecule has 0 saturated heterocycles. The Bertz CT molecular complexity index is 132. The predicted octanol–water partition coefficient (Wildman–Crippen LogP) is 1.58. The summed E-state index contributed by atoms with van der Waals surface area (Å²) in [5.74, 6) is 0.877. The van der Waals surface area contributed by atoms with E-state index in [4.69, 9.17) is 4.74 Å². The van der Waals surface area contributed by atoms with Gasteiger partial charge >= 0.3 is 0 Å². The Morgan fingerprint density at radius 2 is 2.42 bits per heavy atom. The fourth-order valence-electron chi connectivity index (χ4n) is 0.977. The Labute approximate surface area is 75.0 Å². The van der Waals surface area contributed by atoms with E-state index in [0.717, 1.165) is 25.7 Å². The van der Waals surface area contributed by atoms with Gasteiger partial charge in [-0.15, -0.1) is 6.58 Å².